The topological polar surface area (TPSA) is 111 Å². The van der Waals surface area contributed by atoms with E-state index < -0.39 is 29.2 Å². The Morgan fingerprint density at radius 2 is 1.93 bits per heavy atom. The van der Waals surface area contributed by atoms with Crippen molar-refractivity contribution >= 4 is 23.0 Å². The van der Waals surface area contributed by atoms with E-state index in [1.54, 1.807) is 13.0 Å². The van der Waals surface area contributed by atoms with Gasteiger partial charge in [0.15, 0.2) is 23.0 Å². The first-order valence-corrected chi connectivity index (χ1v) is 9.64. The highest BCUT2D eigenvalue weighted by atomic mass is 32.1. The summed E-state index contributed by atoms with van der Waals surface area (Å²) in [5.74, 6) is -2.16. The quantitative estimate of drug-likeness (QED) is 0.435. The molecule has 3 heterocycles. The van der Waals surface area contributed by atoms with Crippen LogP contribution in [0.2, 0.25) is 0 Å². The Morgan fingerprint density at radius 1 is 1.14 bits per heavy atom. The van der Waals surface area contributed by atoms with Gasteiger partial charge >= 0.3 is 0 Å². The Bertz CT molecular complexity index is 1130. The number of Topliss-reactive ketones (excluding diaryl/α,β-unsaturated/α-hetero) is 1. The summed E-state index contributed by atoms with van der Waals surface area (Å²) >= 11 is 1.44. The largest absolute Gasteiger partial charge is 0.504 e. The van der Waals surface area contributed by atoms with Gasteiger partial charge in [-0.1, -0.05) is 12.1 Å². The number of rotatable bonds is 5. The minimum Gasteiger partial charge on any atom is -0.504 e. The molecule has 29 heavy (non-hydrogen) atoms. The number of aromatic hydroxyl groups is 2. The fraction of sp³-hybridized carbons (Fsp3) is 0.143. The predicted octanol–water partition coefficient (Wildman–Crippen LogP) is 3.84. The van der Waals surface area contributed by atoms with E-state index in [2.05, 4.69) is 0 Å². The zero-order chi connectivity index (χ0) is 20.7. The van der Waals surface area contributed by atoms with E-state index >= 15 is 0 Å². The first kappa shape index (κ1) is 18.8. The Kier molecular flexibility index (Phi) is 4.63. The molecule has 1 atom stereocenters. The Balaban J connectivity index is 1.82. The third-order valence-electron chi connectivity index (χ3n) is 4.73. The number of carbonyl (C=O) groups is 2. The van der Waals surface area contributed by atoms with Crippen LogP contribution in [0.3, 0.4) is 0 Å². The number of thiophene rings is 1. The van der Waals surface area contributed by atoms with Crippen LogP contribution in [0.5, 0.6) is 11.5 Å². The van der Waals surface area contributed by atoms with Crippen LogP contribution in [0.4, 0.5) is 0 Å². The van der Waals surface area contributed by atoms with Crippen molar-refractivity contribution in [1.29, 1.82) is 0 Å². The van der Waals surface area contributed by atoms with E-state index in [-0.39, 0.29) is 23.6 Å². The first-order valence-electron chi connectivity index (χ1n) is 8.76. The molecular formula is C21H17NO6S. The molecule has 7 nitrogen and oxygen atoms in total. The number of amides is 1. The summed E-state index contributed by atoms with van der Waals surface area (Å²) < 4.78 is 5.40. The lowest BCUT2D eigenvalue weighted by Gasteiger charge is -2.26. The van der Waals surface area contributed by atoms with Gasteiger partial charge in [-0.05, 0) is 48.2 Å². The molecule has 0 radical (unpaired) electrons. The molecule has 0 fully saturated rings. The molecule has 2 aromatic heterocycles. The van der Waals surface area contributed by atoms with Crippen molar-refractivity contribution in [3.05, 3.63) is 81.1 Å². The molecule has 1 aliphatic rings. The zero-order valence-corrected chi connectivity index (χ0v) is 16.1. The molecule has 0 aliphatic carbocycles. The fourth-order valence-electron chi connectivity index (χ4n) is 3.37. The van der Waals surface area contributed by atoms with Crippen LogP contribution >= 0.6 is 11.3 Å². The maximum Gasteiger partial charge on any atom is 0.290 e. The number of benzene rings is 1. The van der Waals surface area contributed by atoms with E-state index in [4.69, 9.17) is 4.42 Å². The number of carbonyl (C=O) groups excluding carboxylic acids is 2. The molecule has 4 rings (SSSR count). The summed E-state index contributed by atoms with van der Waals surface area (Å²) in [6.45, 7) is 1.85. The second-order valence-electron chi connectivity index (χ2n) is 6.66. The smallest absolute Gasteiger partial charge is 0.290 e. The highest BCUT2D eigenvalue weighted by Gasteiger charge is 2.44. The highest BCUT2D eigenvalue weighted by molar-refractivity contribution is 7.09. The number of hydrogen-bond acceptors (Lipinski definition) is 7. The van der Waals surface area contributed by atoms with Crippen LogP contribution < -0.4 is 0 Å². The normalized spacial score (nSPS) is 16.7. The number of aliphatic hydroxyl groups excluding tert-OH is 1. The average Bonchev–Trinajstić information content (AvgIpc) is 3.41. The summed E-state index contributed by atoms with van der Waals surface area (Å²) in [7, 11) is 0. The molecule has 1 aromatic carbocycles. The number of ketones is 1. The van der Waals surface area contributed by atoms with Gasteiger partial charge in [0.05, 0.1) is 18.2 Å². The molecule has 0 saturated heterocycles. The first-order chi connectivity index (χ1) is 13.9. The number of phenols is 2. The fourth-order valence-corrected chi connectivity index (χ4v) is 4.07. The van der Waals surface area contributed by atoms with E-state index in [0.29, 0.717) is 11.3 Å². The molecule has 148 valence electrons. The average molecular weight is 411 g/mol. The third-order valence-corrected chi connectivity index (χ3v) is 5.60. The molecular weight excluding hydrogens is 394 g/mol. The number of nitrogens with zero attached hydrogens (tertiary/aromatic N) is 1. The molecule has 0 spiro atoms. The molecule has 8 heteroatoms. The maximum absolute atomic E-state index is 13.1. The lowest BCUT2D eigenvalue weighted by atomic mass is 9.94. The maximum atomic E-state index is 13.1. The Hall–Kier alpha value is -3.52. The van der Waals surface area contributed by atoms with Crippen LogP contribution in [-0.2, 0) is 11.3 Å². The summed E-state index contributed by atoms with van der Waals surface area (Å²) in [6, 6.07) is 9.87. The van der Waals surface area contributed by atoms with E-state index in [9.17, 15) is 24.9 Å². The van der Waals surface area contributed by atoms with Crippen molar-refractivity contribution < 1.29 is 29.3 Å². The van der Waals surface area contributed by atoms with Crippen LogP contribution in [0.25, 0.3) is 0 Å². The molecule has 0 bridgehead atoms. The number of phenolic OH excluding ortho intramolecular Hbond substituents is 2. The van der Waals surface area contributed by atoms with Crippen molar-refractivity contribution in [3.63, 3.8) is 0 Å². The number of aryl methyl sites for hydroxylation is 1. The molecule has 0 saturated carbocycles. The summed E-state index contributed by atoms with van der Waals surface area (Å²) in [5, 5.41) is 32.0. The third kappa shape index (κ3) is 3.27. The van der Waals surface area contributed by atoms with Gasteiger partial charge in [-0.2, -0.15) is 0 Å². The van der Waals surface area contributed by atoms with Gasteiger partial charge in [0.25, 0.3) is 5.91 Å². The molecule has 1 unspecified atom stereocenters. The lowest BCUT2D eigenvalue weighted by Crippen LogP contribution is -2.30. The van der Waals surface area contributed by atoms with Gasteiger partial charge in [0, 0.05) is 4.88 Å². The second-order valence-corrected chi connectivity index (χ2v) is 7.70. The van der Waals surface area contributed by atoms with Crippen LogP contribution in [0.1, 0.15) is 32.8 Å². The molecule has 3 aromatic rings. The number of aliphatic hydroxyl groups is 1. The summed E-state index contributed by atoms with van der Waals surface area (Å²) in [5.41, 5.74) is 0.242. The van der Waals surface area contributed by atoms with E-state index in [0.717, 1.165) is 4.88 Å². The summed E-state index contributed by atoms with van der Waals surface area (Å²) in [4.78, 5) is 28.2. The minimum absolute atomic E-state index is 0.00261. The lowest BCUT2D eigenvalue weighted by molar-refractivity contribution is -0.130. The van der Waals surface area contributed by atoms with Crippen LogP contribution in [-0.4, -0.2) is 31.9 Å². The van der Waals surface area contributed by atoms with Crippen molar-refractivity contribution in [2.75, 3.05) is 0 Å². The molecule has 1 amide bonds. The van der Waals surface area contributed by atoms with Gasteiger partial charge in [-0.3, -0.25) is 9.59 Å². The van der Waals surface area contributed by atoms with Gasteiger partial charge in [0.2, 0.25) is 5.78 Å². The highest BCUT2D eigenvalue weighted by Crippen LogP contribution is 2.42. The Morgan fingerprint density at radius 3 is 2.55 bits per heavy atom. The van der Waals surface area contributed by atoms with Gasteiger partial charge < -0.3 is 24.6 Å². The van der Waals surface area contributed by atoms with Crippen molar-refractivity contribution in [2.45, 2.75) is 19.5 Å². The molecule has 3 N–H and O–H groups in total. The van der Waals surface area contributed by atoms with Crippen LogP contribution in [0.15, 0.2) is 63.6 Å². The summed E-state index contributed by atoms with van der Waals surface area (Å²) in [6.07, 6.45) is 0. The zero-order valence-electron chi connectivity index (χ0n) is 15.3. The van der Waals surface area contributed by atoms with E-state index in [1.807, 2.05) is 17.5 Å². The monoisotopic (exact) mass is 411 g/mol. The number of hydrogen-bond donors (Lipinski definition) is 3. The van der Waals surface area contributed by atoms with Crippen molar-refractivity contribution in [2.24, 2.45) is 0 Å². The standard InChI is InChI=1S/C21H17NO6S/c1-11-4-7-16(28-11)19(25)17-18(12-5-6-14(23)15(24)9-12)22(21(27)20(17)26)10-13-3-2-8-29-13/h2-9,18,23-24,26H,10H2,1H3. The second kappa shape index (κ2) is 7.14. The van der Waals surface area contributed by atoms with Gasteiger partial charge in [0.1, 0.15) is 5.76 Å². The number of furan rings is 1. The van der Waals surface area contributed by atoms with Crippen molar-refractivity contribution in [1.82, 2.24) is 4.90 Å². The van der Waals surface area contributed by atoms with Crippen molar-refractivity contribution in [3.8, 4) is 11.5 Å². The van der Waals surface area contributed by atoms with Gasteiger partial charge in [-0.15, -0.1) is 11.3 Å². The minimum atomic E-state index is -0.950. The van der Waals surface area contributed by atoms with Gasteiger partial charge in [-0.25, -0.2) is 0 Å². The van der Waals surface area contributed by atoms with E-state index in [1.165, 1.54) is 40.5 Å². The van der Waals surface area contributed by atoms with Crippen LogP contribution in [0, 0.1) is 6.92 Å². The predicted molar refractivity (Wildman–Crippen MR) is 105 cm³/mol. The SMILES string of the molecule is Cc1ccc(C(=O)C2=C(O)C(=O)N(Cc3cccs3)C2c2ccc(O)c(O)c2)o1. The Labute approximate surface area is 169 Å². The molecule has 1 aliphatic heterocycles.